The Hall–Kier alpha value is -2.03. The van der Waals surface area contributed by atoms with Crippen LogP contribution in [0.4, 0.5) is 0 Å². The second-order valence-electron chi connectivity index (χ2n) is 5.71. The molecule has 2 aromatic carbocycles. The number of hydrogen-bond donors (Lipinski definition) is 1. The van der Waals surface area contributed by atoms with E-state index in [0.717, 1.165) is 22.9 Å². The zero-order valence-corrected chi connectivity index (χ0v) is 12.9. The zero-order chi connectivity index (χ0) is 15.2. The Balaban J connectivity index is 2.01. The van der Waals surface area contributed by atoms with Crippen LogP contribution in [0.15, 0.2) is 42.5 Å². The predicted octanol–water partition coefficient (Wildman–Crippen LogP) is 3.77. The predicted molar refractivity (Wildman–Crippen MR) is 86.5 cm³/mol. The quantitative estimate of drug-likeness (QED) is 0.877. The average Bonchev–Trinajstić information content (AvgIpc) is 2.47. The van der Waals surface area contributed by atoms with Crippen LogP contribution >= 0.6 is 0 Å². The summed E-state index contributed by atoms with van der Waals surface area (Å²) in [6, 6.07) is 13.9. The minimum atomic E-state index is -0.497. The maximum Gasteiger partial charge on any atom is 0.260 e. The van der Waals surface area contributed by atoms with Crippen LogP contribution in [0.5, 0.6) is 5.75 Å². The highest BCUT2D eigenvalue weighted by atomic mass is 16.5. The normalized spacial score (nSPS) is 12.4. The first-order valence-electron chi connectivity index (χ1n) is 7.50. The number of amides is 1. The second kappa shape index (κ2) is 7.11. The fraction of sp³-hybridized carbons (Fsp3) is 0.389. The highest BCUT2D eigenvalue weighted by molar-refractivity contribution is 5.89. The van der Waals surface area contributed by atoms with Crippen molar-refractivity contribution < 1.29 is 9.53 Å². The number of carbonyl (C=O) groups is 1. The van der Waals surface area contributed by atoms with Crippen molar-refractivity contribution in [3.05, 3.63) is 42.5 Å². The van der Waals surface area contributed by atoms with E-state index in [9.17, 15) is 4.79 Å². The van der Waals surface area contributed by atoms with Crippen LogP contribution in [0.2, 0.25) is 0 Å². The molecule has 0 saturated carbocycles. The zero-order valence-electron chi connectivity index (χ0n) is 12.9. The van der Waals surface area contributed by atoms with Gasteiger partial charge in [0.2, 0.25) is 0 Å². The maximum atomic E-state index is 12.0. The van der Waals surface area contributed by atoms with Gasteiger partial charge in [-0.05, 0) is 30.7 Å². The van der Waals surface area contributed by atoms with Gasteiger partial charge in [-0.1, -0.05) is 50.2 Å². The van der Waals surface area contributed by atoms with E-state index in [2.05, 4.69) is 19.2 Å². The molecular formula is C18H23NO2. The molecule has 1 amide bonds. The van der Waals surface area contributed by atoms with E-state index in [1.807, 2.05) is 42.5 Å². The van der Waals surface area contributed by atoms with Gasteiger partial charge in [0.25, 0.3) is 5.91 Å². The molecule has 0 aliphatic heterocycles. The van der Waals surface area contributed by atoms with Gasteiger partial charge in [0.05, 0.1) is 0 Å². The summed E-state index contributed by atoms with van der Waals surface area (Å²) in [5.41, 5.74) is 0. The van der Waals surface area contributed by atoms with Gasteiger partial charge in [0.1, 0.15) is 5.75 Å². The number of ether oxygens (including phenoxy) is 1. The highest BCUT2D eigenvalue weighted by Gasteiger charge is 2.15. The molecule has 0 fully saturated rings. The molecule has 0 aromatic heterocycles. The van der Waals surface area contributed by atoms with Crippen LogP contribution < -0.4 is 10.1 Å². The van der Waals surface area contributed by atoms with Crippen molar-refractivity contribution in [1.29, 1.82) is 0 Å². The lowest BCUT2D eigenvalue weighted by Gasteiger charge is -2.16. The molecular weight excluding hydrogens is 262 g/mol. The van der Waals surface area contributed by atoms with Gasteiger partial charge >= 0.3 is 0 Å². The van der Waals surface area contributed by atoms with Gasteiger partial charge in [0, 0.05) is 11.9 Å². The molecule has 2 aromatic rings. The van der Waals surface area contributed by atoms with Crippen molar-refractivity contribution in [3.63, 3.8) is 0 Å². The van der Waals surface area contributed by atoms with E-state index in [1.165, 1.54) is 0 Å². The lowest BCUT2D eigenvalue weighted by Crippen LogP contribution is -2.37. The number of nitrogens with one attached hydrogen (secondary N) is 1. The molecule has 1 N–H and O–H groups in total. The average molecular weight is 285 g/mol. The van der Waals surface area contributed by atoms with Crippen molar-refractivity contribution >= 4 is 16.7 Å². The Kier molecular flexibility index (Phi) is 5.20. The number of benzene rings is 2. The Bertz CT molecular complexity index is 602. The lowest BCUT2D eigenvalue weighted by atomic mass is 10.1. The molecule has 0 unspecified atom stereocenters. The molecule has 0 spiro atoms. The Morgan fingerprint density at radius 3 is 2.57 bits per heavy atom. The molecule has 2 rings (SSSR count). The molecule has 21 heavy (non-hydrogen) atoms. The summed E-state index contributed by atoms with van der Waals surface area (Å²) < 4.78 is 5.83. The summed E-state index contributed by atoms with van der Waals surface area (Å²) in [5, 5.41) is 5.06. The summed E-state index contributed by atoms with van der Waals surface area (Å²) in [4.78, 5) is 12.0. The van der Waals surface area contributed by atoms with E-state index < -0.39 is 6.10 Å². The van der Waals surface area contributed by atoms with Crippen LogP contribution in [0.25, 0.3) is 10.8 Å². The highest BCUT2D eigenvalue weighted by Crippen LogP contribution is 2.25. The molecule has 0 saturated heterocycles. The molecule has 0 radical (unpaired) electrons. The molecule has 3 nitrogen and oxygen atoms in total. The van der Waals surface area contributed by atoms with Crippen LogP contribution in [-0.2, 0) is 4.79 Å². The third kappa shape index (κ3) is 4.22. The van der Waals surface area contributed by atoms with Gasteiger partial charge in [-0.3, -0.25) is 4.79 Å². The van der Waals surface area contributed by atoms with Gasteiger partial charge in [0.15, 0.2) is 6.10 Å². The summed E-state index contributed by atoms with van der Waals surface area (Å²) in [7, 11) is 0. The van der Waals surface area contributed by atoms with Crippen LogP contribution in [0, 0.1) is 5.92 Å². The molecule has 0 aliphatic carbocycles. The number of carbonyl (C=O) groups excluding carboxylic acids is 1. The third-order valence-electron chi connectivity index (χ3n) is 3.44. The molecule has 112 valence electrons. The largest absolute Gasteiger partial charge is 0.480 e. The smallest absolute Gasteiger partial charge is 0.260 e. The fourth-order valence-corrected chi connectivity index (χ4v) is 2.17. The third-order valence-corrected chi connectivity index (χ3v) is 3.44. The molecule has 0 aliphatic rings. The Morgan fingerprint density at radius 2 is 1.81 bits per heavy atom. The summed E-state index contributed by atoms with van der Waals surface area (Å²) >= 11 is 0. The summed E-state index contributed by atoms with van der Waals surface area (Å²) in [6.45, 7) is 6.76. The van der Waals surface area contributed by atoms with E-state index in [4.69, 9.17) is 4.74 Å². The van der Waals surface area contributed by atoms with Crippen molar-refractivity contribution in [3.8, 4) is 5.75 Å². The first kappa shape index (κ1) is 15.4. The van der Waals surface area contributed by atoms with Gasteiger partial charge in [-0.2, -0.15) is 0 Å². The van der Waals surface area contributed by atoms with E-state index in [-0.39, 0.29) is 5.91 Å². The van der Waals surface area contributed by atoms with Crippen molar-refractivity contribution in [2.24, 2.45) is 5.92 Å². The van der Waals surface area contributed by atoms with Gasteiger partial charge in [-0.15, -0.1) is 0 Å². The molecule has 0 heterocycles. The number of rotatable bonds is 6. The van der Waals surface area contributed by atoms with Crippen molar-refractivity contribution in [2.45, 2.75) is 33.3 Å². The van der Waals surface area contributed by atoms with E-state index in [1.54, 1.807) is 6.92 Å². The molecule has 0 bridgehead atoms. The Morgan fingerprint density at radius 1 is 1.10 bits per heavy atom. The van der Waals surface area contributed by atoms with Crippen molar-refractivity contribution in [2.75, 3.05) is 6.54 Å². The van der Waals surface area contributed by atoms with Crippen LogP contribution in [0.3, 0.4) is 0 Å². The second-order valence-corrected chi connectivity index (χ2v) is 5.71. The van der Waals surface area contributed by atoms with Gasteiger partial charge in [-0.25, -0.2) is 0 Å². The SMILES string of the molecule is CC(C)CCNC(=O)[C@@H](C)Oc1cccc2ccccc12. The Labute approximate surface area is 126 Å². The topological polar surface area (TPSA) is 38.3 Å². The lowest BCUT2D eigenvalue weighted by molar-refractivity contribution is -0.127. The first-order valence-corrected chi connectivity index (χ1v) is 7.50. The van der Waals surface area contributed by atoms with Gasteiger partial charge < -0.3 is 10.1 Å². The van der Waals surface area contributed by atoms with Crippen molar-refractivity contribution in [1.82, 2.24) is 5.32 Å². The fourth-order valence-electron chi connectivity index (χ4n) is 2.17. The minimum absolute atomic E-state index is 0.0661. The van der Waals surface area contributed by atoms with E-state index in [0.29, 0.717) is 12.5 Å². The van der Waals surface area contributed by atoms with Crippen LogP contribution in [-0.4, -0.2) is 18.6 Å². The number of fused-ring (bicyclic) bond motifs is 1. The molecule has 3 heteroatoms. The van der Waals surface area contributed by atoms with Crippen LogP contribution in [0.1, 0.15) is 27.2 Å². The first-order chi connectivity index (χ1) is 10.1. The number of hydrogen-bond acceptors (Lipinski definition) is 2. The monoisotopic (exact) mass is 285 g/mol. The minimum Gasteiger partial charge on any atom is -0.480 e. The van der Waals surface area contributed by atoms with E-state index >= 15 is 0 Å². The standard InChI is InChI=1S/C18H23NO2/c1-13(2)11-12-19-18(20)14(3)21-17-10-6-8-15-7-4-5-9-16(15)17/h4-10,13-14H,11-12H2,1-3H3,(H,19,20)/t14-/m1/s1. The summed E-state index contributed by atoms with van der Waals surface area (Å²) in [6.07, 6.45) is 0.482. The summed E-state index contributed by atoms with van der Waals surface area (Å²) in [5.74, 6) is 1.27. The molecule has 1 atom stereocenters. The maximum absolute atomic E-state index is 12.0.